The van der Waals surface area contributed by atoms with Crippen molar-refractivity contribution in [3.63, 3.8) is 0 Å². The first-order valence-electron chi connectivity index (χ1n) is 9.16. The Morgan fingerprint density at radius 2 is 1.92 bits per heavy atom. The lowest BCUT2D eigenvalue weighted by atomic mass is 9.66. The number of aromatic nitrogens is 1. The highest BCUT2D eigenvalue weighted by Crippen LogP contribution is 2.47. The van der Waals surface area contributed by atoms with Crippen molar-refractivity contribution in [2.75, 3.05) is 11.4 Å². The molecule has 1 aliphatic carbocycles. The second kappa shape index (κ2) is 6.21. The van der Waals surface area contributed by atoms with E-state index in [2.05, 4.69) is 35.0 Å². The Morgan fingerprint density at radius 3 is 2.71 bits per heavy atom. The van der Waals surface area contributed by atoms with Crippen LogP contribution in [-0.2, 0) is 5.60 Å². The van der Waals surface area contributed by atoms with Gasteiger partial charge in [-0.3, -0.25) is 0 Å². The van der Waals surface area contributed by atoms with Crippen LogP contribution in [-0.4, -0.2) is 22.7 Å². The maximum absolute atomic E-state index is 11.6. The molecule has 0 bridgehead atoms. The van der Waals surface area contributed by atoms with Crippen molar-refractivity contribution < 1.29 is 5.11 Å². The number of hydrogen-bond donors (Lipinski definition) is 1. The summed E-state index contributed by atoms with van der Waals surface area (Å²) >= 11 is 0. The molecule has 0 amide bonds. The summed E-state index contributed by atoms with van der Waals surface area (Å²) in [4.78, 5) is 7.07. The van der Waals surface area contributed by atoms with E-state index < -0.39 is 5.60 Å². The highest BCUT2D eigenvalue weighted by Gasteiger charge is 2.49. The highest BCUT2D eigenvalue weighted by molar-refractivity contribution is 5.44. The van der Waals surface area contributed by atoms with Gasteiger partial charge in [0.25, 0.3) is 0 Å². The molecular weight excluding hydrogens is 296 g/mol. The van der Waals surface area contributed by atoms with Gasteiger partial charge in [0, 0.05) is 24.7 Å². The molecule has 0 radical (unpaired) electrons. The Labute approximate surface area is 144 Å². The van der Waals surface area contributed by atoms with Crippen molar-refractivity contribution in [3.8, 4) is 0 Å². The Bertz CT molecular complexity index is 702. The zero-order valence-electron chi connectivity index (χ0n) is 14.4. The number of rotatable bonds is 2. The average molecular weight is 322 g/mol. The summed E-state index contributed by atoms with van der Waals surface area (Å²) in [6.07, 6.45) is 7.38. The molecule has 1 N–H and O–H groups in total. The first kappa shape index (κ1) is 15.6. The van der Waals surface area contributed by atoms with Crippen LogP contribution in [0, 0.1) is 12.8 Å². The van der Waals surface area contributed by atoms with E-state index in [1.165, 1.54) is 18.4 Å². The normalized spacial score (nSPS) is 30.0. The summed E-state index contributed by atoms with van der Waals surface area (Å²) in [6, 6.07) is 14.9. The van der Waals surface area contributed by atoms with E-state index in [1.807, 2.05) is 30.5 Å². The maximum Gasteiger partial charge on any atom is 0.128 e. The number of aliphatic hydroxyl groups is 1. The number of pyridine rings is 1. The summed E-state index contributed by atoms with van der Waals surface area (Å²) in [5, 5.41) is 11.6. The van der Waals surface area contributed by atoms with Gasteiger partial charge in [0.1, 0.15) is 5.82 Å². The van der Waals surface area contributed by atoms with E-state index in [-0.39, 0.29) is 5.92 Å². The van der Waals surface area contributed by atoms with Crippen LogP contribution in [0.3, 0.4) is 0 Å². The van der Waals surface area contributed by atoms with E-state index in [4.69, 9.17) is 0 Å². The van der Waals surface area contributed by atoms with E-state index in [1.54, 1.807) is 0 Å². The van der Waals surface area contributed by atoms with E-state index in [9.17, 15) is 5.11 Å². The molecule has 2 aromatic rings. The van der Waals surface area contributed by atoms with Gasteiger partial charge >= 0.3 is 0 Å². The summed E-state index contributed by atoms with van der Waals surface area (Å²) in [7, 11) is 0. The second-order valence-corrected chi connectivity index (χ2v) is 7.38. The number of nitrogens with zero attached hydrogens (tertiary/aromatic N) is 2. The minimum Gasteiger partial charge on any atom is -0.385 e. The van der Waals surface area contributed by atoms with Gasteiger partial charge in [-0.2, -0.15) is 0 Å². The molecule has 1 saturated heterocycles. The van der Waals surface area contributed by atoms with Gasteiger partial charge < -0.3 is 10.0 Å². The smallest absolute Gasteiger partial charge is 0.128 e. The van der Waals surface area contributed by atoms with Crippen LogP contribution in [0.15, 0.2) is 48.7 Å². The van der Waals surface area contributed by atoms with Crippen molar-refractivity contribution in [2.24, 2.45) is 5.92 Å². The largest absolute Gasteiger partial charge is 0.385 e. The Balaban J connectivity index is 1.70. The summed E-state index contributed by atoms with van der Waals surface area (Å²) in [6.45, 7) is 2.98. The zero-order valence-corrected chi connectivity index (χ0v) is 14.4. The molecule has 1 saturated carbocycles. The molecule has 2 fully saturated rings. The molecule has 3 nitrogen and oxygen atoms in total. The monoisotopic (exact) mass is 322 g/mol. The lowest BCUT2D eigenvalue weighted by Gasteiger charge is -2.53. The predicted molar refractivity (Wildman–Crippen MR) is 97.0 cm³/mol. The van der Waals surface area contributed by atoms with E-state index in [0.717, 1.165) is 37.2 Å². The standard InChI is InChI=1S/C21H26N2O/c1-16-11-13-22-20(15-16)23-14-12-21(24,17-7-3-2-4-8-17)18-9-5-6-10-19(18)23/h2-4,7-8,11,13,15,18-19,24H,5-6,9-10,12,14H2,1H3/t18-,19+,21?/m1/s1. The van der Waals surface area contributed by atoms with E-state index >= 15 is 0 Å². The van der Waals surface area contributed by atoms with Crippen LogP contribution in [0.1, 0.15) is 43.2 Å². The first-order chi connectivity index (χ1) is 11.7. The zero-order chi connectivity index (χ0) is 16.6. The molecule has 2 heterocycles. The minimum atomic E-state index is -0.702. The summed E-state index contributed by atoms with van der Waals surface area (Å²) in [5.74, 6) is 1.35. The fraction of sp³-hybridized carbons (Fsp3) is 0.476. The lowest BCUT2D eigenvalue weighted by Crippen LogP contribution is -2.57. The number of hydrogen-bond acceptors (Lipinski definition) is 3. The minimum absolute atomic E-state index is 0.282. The number of aryl methyl sites for hydroxylation is 1. The van der Waals surface area contributed by atoms with Crippen LogP contribution in [0.4, 0.5) is 5.82 Å². The lowest BCUT2D eigenvalue weighted by molar-refractivity contribution is -0.0690. The molecule has 1 aromatic carbocycles. The summed E-state index contributed by atoms with van der Waals surface area (Å²) in [5.41, 5.74) is 1.63. The number of benzene rings is 1. The molecule has 126 valence electrons. The third-order valence-corrected chi connectivity index (χ3v) is 5.95. The number of piperidine rings is 1. The van der Waals surface area contributed by atoms with Crippen molar-refractivity contribution in [1.82, 2.24) is 4.98 Å². The maximum atomic E-state index is 11.6. The van der Waals surface area contributed by atoms with E-state index in [0.29, 0.717) is 6.04 Å². The molecule has 0 spiro atoms. The van der Waals surface area contributed by atoms with Crippen molar-refractivity contribution in [1.29, 1.82) is 0 Å². The fourth-order valence-electron chi connectivity index (χ4n) is 4.73. The molecule has 3 heteroatoms. The summed E-state index contributed by atoms with van der Waals surface area (Å²) < 4.78 is 0. The Morgan fingerprint density at radius 1 is 1.12 bits per heavy atom. The third kappa shape index (κ3) is 2.61. The molecule has 24 heavy (non-hydrogen) atoms. The second-order valence-electron chi connectivity index (χ2n) is 7.38. The molecule has 1 aliphatic heterocycles. The topological polar surface area (TPSA) is 36.4 Å². The third-order valence-electron chi connectivity index (χ3n) is 5.95. The van der Waals surface area contributed by atoms with Gasteiger partial charge in [0.2, 0.25) is 0 Å². The van der Waals surface area contributed by atoms with Gasteiger partial charge in [-0.05, 0) is 49.4 Å². The van der Waals surface area contributed by atoms with Gasteiger partial charge in [-0.1, -0.05) is 43.2 Å². The van der Waals surface area contributed by atoms with Gasteiger partial charge in [0.15, 0.2) is 0 Å². The van der Waals surface area contributed by atoms with Crippen molar-refractivity contribution >= 4 is 5.82 Å². The quantitative estimate of drug-likeness (QED) is 0.906. The van der Waals surface area contributed by atoms with Crippen LogP contribution >= 0.6 is 0 Å². The average Bonchev–Trinajstić information content (AvgIpc) is 2.63. The van der Waals surface area contributed by atoms with Crippen molar-refractivity contribution in [2.45, 2.75) is 50.7 Å². The number of fused-ring (bicyclic) bond motifs is 1. The first-order valence-corrected chi connectivity index (χ1v) is 9.16. The van der Waals surface area contributed by atoms with Crippen molar-refractivity contribution in [3.05, 3.63) is 59.8 Å². The Kier molecular flexibility index (Phi) is 4.05. The highest BCUT2D eigenvalue weighted by atomic mass is 16.3. The van der Waals surface area contributed by atoms with Crippen LogP contribution in [0.5, 0.6) is 0 Å². The molecule has 4 rings (SSSR count). The fourth-order valence-corrected chi connectivity index (χ4v) is 4.73. The van der Waals surface area contributed by atoms with Gasteiger partial charge in [-0.25, -0.2) is 4.98 Å². The van der Waals surface area contributed by atoms with Crippen LogP contribution in [0.2, 0.25) is 0 Å². The van der Waals surface area contributed by atoms with Gasteiger partial charge in [-0.15, -0.1) is 0 Å². The predicted octanol–water partition coefficient (Wildman–Crippen LogP) is 4.05. The molecular formula is C21H26N2O. The molecule has 2 aliphatic rings. The molecule has 1 aromatic heterocycles. The SMILES string of the molecule is Cc1ccnc(N2CCC(O)(c3ccccc3)[C@@H]3CCCC[C@@H]32)c1. The van der Waals surface area contributed by atoms with Crippen LogP contribution < -0.4 is 4.90 Å². The molecule has 3 atom stereocenters. The Hall–Kier alpha value is -1.87. The molecule has 1 unspecified atom stereocenters. The van der Waals surface area contributed by atoms with Gasteiger partial charge in [0.05, 0.1) is 5.60 Å². The number of anilines is 1. The van der Waals surface area contributed by atoms with Crippen LogP contribution in [0.25, 0.3) is 0 Å².